The van der Waals surface area contributed by atoms with Crippen LogP contribution in [0.2, 0.25) is 10.0 Å². The van der Waals surface area contributed by atoms with Gasteiger partial charge in [-0.2, -0.15) is 0 Å². The summed E-state index contributed by atoms with van der Waals surface area (Å²) in [5.74, 6) is 1.19. The number of anilines is 3. The first-order chi connectivity index (χ1) is 17.9. The van der Waals surface area contributed by atoms with Gasteiger partial charge >= 0.3 is 6.03 Å². The van der Waals surface area contributed by atoms with Gasteiger partial charge in [0.25, 0.3) is 0 Å². The van der Waals surface area contributed by atoms with E-state index in [-0.39, 0.29) is 18.4 Å². The van der Waals surface area contributed by atoms with Gasteiger partial charge in [0, 0.05) is 49.7 Å². The Morgan fingerprint density at radius 3 is 1.97 bits per heavy atom. The molecule has 0 bridgehead atoms. The van der Waals surface area contributed by atoms with Crippen LogP contribution in [0.4, 0.5) is 21.9 Å². The number of piperazine rings is 1. The van der Waals surface area contributed by atoms with Gasteiger partial charge in [0.15, 0.2) is 0 Å². The van der Waals surface area contributed by atoms with E-state index in [0.29, 0.717) is 47.7 Å². The normalized spacial score (nSPS) is 13.2. The van der Waals surface area contributed by atoms with E-state index in [9.17, 15) is 9.59 Å². The van der Waals surface area contributed by atoms with Crippen LogP contribution in [0.3, 0.4) is 0 Å². The van der Waals surface area contributed by atoms with Gasteiger partial charge in [0.05, 0.1) is 36.4 Å². The number of carbonyl (C=O) groups is 2. The number of ether oxygens (including phenoxy) is 2. The Hall–Kier alpha value is -3.62. The number of carbonyl (C=O) groups excluding carboxylic acids is 2. The van der Waals surface area contributed by atoms with Crippen molar-refractivity contribution < 1.29 is 19.1 Å². The van der Waals surface area contributed by atoms with E-state index in [2.05, 4.69) is 15.5 Å². The minimum atomic E-state index is -0.261. The molecular weight excluding hydrogens is 515 g/mol. The summed E-state index contributed by atoms with van der Waals surface area (Å²) in [6, 6.07) is 18.1. The van der Waals surface area contributed by atoms with Crippen LogP contribution in [-0.2, 0) is 11.2 Å². The molecule has 194 valence electrons. The first-order valence-electron chi connectivity index (χ1n) is 11.7. The second kappa shape index (κ2) is 12.1. The monoisotopic (exact) mass is 542 g/mol. The zero-order valence-electron chi connectivity index (χ0n) is 20.6. The fourth-order valence-electron chi connectivity index (χ4n) is 4.03. The number of hydrogen-bond donors (Lipinski definition) is 2. The second-order valence-electron chi connectivity index (χ2n) is 8.49. The van der Waals surface area contributed by atoms with E-state index in [1.165, 1.54) is 7.11 Å². The maximum absolute atomic E-state index is 12.8. The molecule has 4 rings (SSSR count). The lowest BCUT2D eigenvalue weighted by molar-refractivity contribution is -0.115. The molecule has 0 saturated carbocycles. The molecule has 0 aromatic heterocycles. The molecule has 1 saturated heterocycles. The van der Waals surface area contributed by atoms with E-state index < -0.39 is 0 Å². The largest absolute Gasteiger partial charge is 0.497 e. The molecule has 0 spiro atoms. The number of nitrogens with one attached hydrogen (secondary N) is 2. The molecule has 0 unspecified atom stereocenters. The van der Waals surface area contributed by atoms with Crippen molar-refractivity contribution in [1.29, 1.82) is 0 Å². The number of rotatable bonds is 7. The quantitative estimate of drug-likeness (QED) is 0.409. The fraction of sp³-hybridized carbons (Fsp3) is 0.259. The van der Waals surface area contributed by atoms with E-state index >= 15 is 0 Å². The van der Waals surface area contributed by atoms with Crippen molar-refractivity contribution in [3.8, 4) is 11.5 Å². The van der Waals surface area contributed by atoms with Crippen LogP contribution in [0.25, 0.3) is 0 Å². The molecule has 0 aliphatic carbocycles. The summed E-state index contributed by atoms with van der Waals surface area (Å²) >= 11 is 12.5. The summed E-state index contributed by atoms with van der Waals surface area (Å²) < 4.78 is 10.3. The van der Waals surface area contributed by atoms with Gasteiger partial charge in [-0.3, -0.25) is 4.79 Å². The SMILES string of the molecule is COc1ccc(CC(=O)Nc2ccc(N3CCN(C(=O)Nc4c(Cl)cc(OC)cc4Cl)CC3)cc2)cc1. The second-order valence-corrected chi connectivity index (χ2v) is 9.30. The van der Waals surface area contributed by atoms with Gasteiger partial charge < -0.3 is 29.9 Å². The zero-order valence-corrected chi connectivity index (χ0v) is 22.1. The van der Waals surface area contributed by atoms with Gasteiger partial charge in [0.2, 0.25) is 5.91 Å². The van der Waals surface area contributed by atoms with Gasteiger partial charge in [-0.1, -0.05) is 35.3 Å². The Bertz CT molecular complexity index is 1220. The lowest BCUT2D eigenvalue weighted by atomic mass is 10.1. The molecule has 1 aliphatic heterocycles. The summed E-state index contributed by atoms with van der Waals surface area (Å²) in [7, 11) is 3.13. The highest BCUT2D eigenvalue weighted by molar-refractivity contribution is 6.40. The average Bonchev–Trinajstić information content (AvgIpc) is 2.91. The smallest absolute Gasteiger partial charge is 0.322 e. The van der Waals surface area contributed by atoms with Crippen LogP contribution < -0.4 is 25.0 Å². The Kier molecular flexibility index (Phi) is 8.63. The summed E-state index contributed by atoms with van der Waals surface area (Å²) in [6.45, 7) is 2.41. The third kappa shape index (κ3) is 6.78. The average molecular weight is 543 g/mol. The standard InChI is InChI=1S/C27H28Cl2N4O4/c1-36-21-9-3-18(4-10-21)15-25(34)30-19-5-7-20(8-6-19)32-11-13-33(14-12-32)27(35)31-26-23(28)16-22(37-2)17-24(26)29/h3-10,16-17H,11-15H2,1-2H3,(H,30,34)(H,31,35). The van der Waals surface area contributed by atoms with E-state index in [4.69, 9.17) is 32.7 Å². The number of nitrogens with zero attached hydrogens (tertiary/aromatic N) is 2. The van der Waals surface area contributed by atoms with E-state index in [1.54, 1.807) is 24.1 Å². The number of amides is 3. The molecule has 3 amide bonds. The third-order valence-electron chi connectivity index (χ3n) is 6.09. The van der Waals surface area contributed by atoms with Gasteiger partial charge in [-0.25, -0.2) is 4.79 Å². The van der Waals surface area contributed by atoms with Gasteiger partial charge in [-0.15, -0.1) is 0 Å². The first-order valence-corrected chi connectivity index (χ1v) is 12.5. The van der Waals surface area contributed by atoms with Crippen molar-refractivity contribution in [1.82, 2.24) is 4.90 Å². The molecule has 1 fully saturated rings. The summed E-state index contributed by atoms with van der Waals surface area (Å²) in [6.07, 6.45) is 0.280. The van der Waals surface area contributed by atoms with Crippen molar-refractivity contribution in [2.75, 3.05) is 55.9 Å². The van der Waals surface area contributed by atoms with Crippen molar-refractivity contribution in [3.05, 3.63) is 76.3 Å². The molecule has 1 heterocycles. The summed E-state index contributed by atoms with van der Waals surface area (Å²) in [4.78, 5) is 29.1. The van der Waals surface area contributed by atoms with E-state index in [0.717, 1.165) is 22.7 Å². The third-order valence-corrected chi connectivity index (χ3v) is 6.69. The van der Waals surface area contributed by atoms with Crippen LogP contribution in [0.1, 0.15) is 5.56 Å². The van der Waals surface area contributed by atoms with Crippen molar-refractivity contribution >= 4 is 52.2 Å². The zero-order chi connectivity index (χ0) is 26.4. The predicted molar refractivity (Wildman–Crippen MR) is 148 cm³/mol. The molecule has 0 radical (unpaired) electrons. The summed E-state index contributed by atoms with van der Waals surface area (Å²) in [5.41, 5.74) is 3.03. The van der Waals surface area contributed by atoms with Crippen LogP contribution in [0, 0.1) is 0 Å². The highest BCUT2D eigenvalue weighted by Crippen LogP contribution is 2.35. The molecule has 3 aromatic carbocycles. The molecule has 10 heteroatoms. The highest BCUT2D eigenvalue weighted by Gasteiger charge is 2.23. The van der Waals surface area contributed by atoms with Crippen LogP contribution >= 0.6 is 23.2 Å². The van der Waals surface area contributed by atoms with Gasteiger partial charge in [0.1, 0.15) is 11.5 Å². The highest BCUT2D eigenvalue weighted by atomic mass is 35.5. The lowest BCUT2D eigenvalue weighted by Crippen LogP contribution is -2.50. The van der Waals surface area contributed by atoms with E-state index in [1.807, 2.05) is 48.5 Å². The van der Waals surface area contributed by atoms with Crippen LogP contribution in [-0.4, -0.2) is 57.2 Å². The first kappa shape index (κ1) is 26.4. The summed E-state index contributed by atoms with van der Waals surface area (Å²) in [5, 5.41) is 6.36. The molecule has 37 heavy (non-hydrogen) atoms. The fourth-order valence-corrected chi connectivity index (χ4v) is 4.59. The molecule has 1 aliphatic rings. The topological polar surface area (TPSA) is 83.1 Å². The molecule has 0 atom stereocenters. The minimum absolute atomic E-state index is 0.0883. The number of benzene rings is 3. The Morgan fingerprint density at radius 1 is 0.811 bits per heavy atom. The van der Waals surface area contributed by atoms with Crippen molar-refractivity contribution in [2.45, 2.75) is 6.42 Å². The Morgan fingerprint density at radius 2 is 1.41 bits per heavy atom. The number of halogens is 2. The van der Waals surface area contributed by atoms with Gasteiger partial charge in [-0.05, 0) is 42.0 Å². The number of urea groups is 1. The van der Waals surface area contributed by atoms with Crippen LogP contribution in [0.5, 0.6) is 11.5 Å². The maximum Gasteiger partial charge on any atom is 0.322 e. The Balaban J connectivity index is 1.27. The lowest BCUT2D eigenvalue weighted by Gasteiger charge is -2.36. The maximum atomic E-state index is 12.8. The molecule has 2 N–H and O–H groups in total. The molecule has 3 aromatic rings. The number of hydrogen-bond acceptors (Lipinski definition) is 5. The van der Waals surface area contributed by atoms with Crippen LogP contribution in [0.15, 0.2) is 60.7 Å². The predicted octanol–water partition coefficient (Wildman–Crippen LogP) is 5.55. The van der Waals surface area contributed by atoms with Crippen molar-refractivity contribution in [3.63, 3.8) is 0 Å². The number of methoxy groups -OCH3 is 2. The van der Waals surface area contributed by atoms with Crippen molar-refractivity contribution in [2.24, 2.45) is 0 Å². The molecular formula is C27H28Cl2N4O4. The molecule has 8 nitrogen and oxygen atoms in total. The Labute approximate surface area is 226 Å². The minimum Gasteiger partial charge on any atom is -0.497 e.